The summed E-state index contributed by atoms with van der Waals surface area (Å²) in [4.78, 5) is 4.15. The van der Waals surface area contributed by atoms with Gasteiger partial charge in [0, 0.05) is 30.1 Å². The zero-order chi connectivity index (χ0) is 15.9. The number of aromatic nitrogens is 4. The third kappa shape index (κ3) is 3.79. The van der Waals surface area contributed by atoms with E-state index in [1.165, 1.54) is 0 Å². The summed E-state index contributed by atoms with van der Waals surface area (Å²) >= 11 is 1.60. The molecule has 3 aromatic rings. The fourth-order valence-electron chi connectivity index (χ4n) is 2.12. The van der Waals surface area contributed by atoms with E-state index in [2.05, 4.69) is 21.3 Å². The van der Waals surface area contributed by atoms with Gasteiger partial charge in [-0.15, -0.1) is 10.2 Å². The summed E-state index contributed by atoms with van der Waals surface area (Å²) in [5.41, 5.74) is 0.912. The van der Waals surface area contributed by atoms with E-state index in [9.17, 15) is 0 Å². The predicted molar refractivity (Wildman–Crippen MR) is 86.6 cm³/mol. The van der Waals surface area contributed by atoms with Crippen molar-refractivity contribution in [2.45, 2.75) is 24.5 Å². The van der Waals surface area contributed by atoms with Gasteiger partial charge in [0.15, 0.2) is 11.0 Å². The van der Waals surface area contributed by atoms with Crippen molar-refractivity contribution in [3.8, 4) is 17.5 Å². The summed E-state index contributed by atoms with van der Waals surface area (Å²) in [6.45, 7) is 0.560. The van der Waals surface area contributed by atoms with Crippen molar-refractivity contribution in [2.75, 3.05) is 5.75 Å². The highest BCUT2D eigenvalue weighted by Crippen LogP contribution is 2.25. The molecule has 0 aliphatic rings. The molecule has 0 aromatic carbocycles. The second kappa shape index (κ2) is 7.61. The van der Waals surface area contributed by atoms with Crippen LogP contribution in [0.3, 0.4) is 0 Å². The Morgan fingerprint density at radius 2 is 2.22 bits per heavy atom. The number of nitriles is 1. The summed E-state index contributed by atoms with van der Waals surface area (Å²) in [5.74, 6) is 2.43. The van der Waals surface area contributed by atoms with E-state index >= 15 is 0 Å². The Kier molecular flexibility index (Phi) is 5.06. The smallest absolute Gasteiger partial charge is 0.191 e. The molecule has 7 heteroatoms. The lowest BCUT2D eigenvalue weighted by atomic mass is 10.2. The van der Waals surface area contributed by atoms with Gasteiger partial charge in [-0.05, 0) is 30.7 Å². The summed E-state index contributed by atoms with van der Waals surface area (Å²) in [7, 11) is 0. The Bertz CT molecular complexity index is 777. The second-order valence-corrected chi connectivity index (χ2v) is 5.89. The average Bonchev–Trinajstić information content (AvgIpc) is 3.23. The average molecular weight is 325 g/mol. The molecule has 0 bridgehead atoms. The van der Waals surface area contributed by atoms with E-state index in [1.807, 2.05) is 28.8 Å². The first-order valence-corrected chi connectivity index (χ1v) is 8.23. The number of rotatable bonds is 7. The molecule has 0 atom stereocenters. The zero-order valence-corrected chi connectivity index (χ0v) is 13.2. The number of nitrogens with zero attached hydrogens (tertiary/aromatic N) is 5. The fourth-order valence-corrected chi connectivity index (χ4v) is 3.00. The normalized spacial score (nSPS) is 10.6. The van der Waals surface area contributed by atoms with Crippen molar-refractivity contribution < 1.29 is 4.42 Å². The standard InChI is InChI=1S/C16H15N5OS/c17-7-1-2-10-23-16-20-19-15(13-5-3-8-18-11-13)21(16)12-14-6-4-9-22-14/h3-6,8-9,11H,1-2,10,12H2. The van der Waals surface area contributed by atoms with Crippen molar-refractivity contribution in [3.63, 3.8) is 0 Å². The molecule has 6 nitrogen and oxygen atoms in total. The minimum Gasteiger partial charge on any atom is -0.467 e. The predicted octanol–water partition coefficient (Wildman–Crippen LogP) is 3.38. The van der Waals surface area contributed by atoms with Crippen molar-refractivity contribution in [3.05, 3.63) is 48.7 Å². The largest absolute Gasteiger partial charge is 0.467 e. The zero-order valence-electron chi connectivity index (χ0n) is 12.4. The lowest BCUT2D eigenvalue weighted by Gasteiger charge is -2.08. The van der Waals surface area contributed by atoms with E-state index in [4.69, 9.17) is 9.68 Å². The van der Waals surface area contributed by atoms with Crippen LogP contribution in [0.25, 0.3) is 11.4 Å². The van der Waals surface area contributed by atoms with E-state index in [0.717, 1.165) is 34.5 Å². The third-order valence-electron chi connectivity index (χ3n) is 3.19. The Hall–Kier alpha value is -2.59. The first-order chi connectivity index (χ1) is 11.4. The molecule has 0 spiro atoms. The highest BCUT2D eigenvalue weighted by atomic mass is 32.2. The van der Waals surface area contributed by atoms with E-state index in [0.29, 0.717) is 13.0 Å². The molecule has 0 aliphatic carbocycles. The van der Waals surface area contributed by atoms with E-state index < -0.39 is 0 Å². The van der Waals surface area contributed by atoms with Gasteiger partial charge in [-0.1, -0.05) is 11.8 Å². The van der Waals surface area contributed by atoms with Crippen LogP contribution < -0.4 is 0 Å². The molecule has 0 radical (unpaired) electrons. The van der Waals surface area contributed by atoms with Gasteiger partial charge < -0.3 is 4.42 Å². The number of pyridine rings is 1. The van der Waals surface area contributed by atoms with Gasteiger partial charge in [0.2, 0.25) is 0 Å². The molecular weight excluding hydrogens is 310 g/mol. The maximum atomic E-state index is 8.63. The minimum atomic E-state index is 0.550. The highest BCUT2D eigenvalue weighted by molar-refractivity contribution is 7.99. The lowest BCUT2D eigenvalue weighted by Crippen LogP contribution is -2.03. The summed E-state index contributed by atoms with van der Waals surface area (Å²) in [5, 5.41) is 18.1. The van der Waals surface area contributed by atoms with Gasteiger partial charge in [-0.2, -0.15) is 5.26 Å². The van der Waals surface area contributed by atoms with E-state index in [1.54, 1.807) is 30.4 Å². The monoisotopic (exact) mass is 325 g/mol. The van der Waals surface area contributed by atoms with Crippen molar-refractivity contribution in [1.29, 1.82) is 5.26 Å². The molecular formula is C16H15N5OS. The summed E-state index contributed by atoms with van der Waals surface area (Å²) in [6, 6.07) is 9.78. The topological polar surface area (TPSA) is 80.5 Å². The van der Waals surface area contributed by atoms with Gasteiger partial charge >= 0.3 is 0 Å². The van der Waals surface area contributed by atoms with Gasteiger partial charge in [-0.3, -0.25) is 9.55 Å². The highest BCUT2D eigenvalue weighted by Gasteiger charge is 2.15. The van der Waals surface area contributed by atoms with Gasteiger partial charge in [0.25, 0.3) is 0 Å². The Balaban J connectivity index is 1.87. The van der Waals surface area contributed by atoms with Crippen LogP contribution >= 0.6 is 11.8 Å². The number of furan rings is 1. The third-order valence-corrected chi connectivity index (χ3v) is 4.25. The molecule has 0 unspecified atom stereocenters. The molecule has 0 amide bonds. The van der Waals surface area contributed by atoms with Crippen molar-refractivity contribution >= 4 is 11.8 Å². The molecule has 3 rings (SSSR count). The van der Waals surface area contributed by atoms with E-state index in [-0.39, 0.29) is 0 Å². The lowest BCUT2D eigenvalue weighted by molar-refractivity contribution is 0.485. The van der Waals surface area contributed by atoms with Crippen LogP contribution in [0.15, 0.2) is 52.5 Å². The fraction of sp³-hybridized carbons (Fsp3) is 0.250. The maximum absolute atomic E-state index is 8.63. The number of hydrogen-bond donors (Lipinski definition) is 0. The van der Waals surface area contributed by atoms with Gasteiger partial charge in [0.05, 0.1) is 18.9 Å². The molecule has 3 heterocycles. The van der Waals surface area contributed by atoms with Crippen LogP contribution in [-0.4, -0.2) is 25.5 Å². The number of unbranched alkanes of at least 4 members (excludes halogenated alkanes) is 1. The SMILES string of the molecule is N#CCCCSc1nnc(-c2cccnc2)n1Cc1ccco1. The molecule has 0 fully saturated rings. The van der Waals surface area contributed by atoms with Crippen molar-refractivity contribution in [1.82, 2.24) is 19.7 Å². The molecule has 116 valence electrons. The Labute approximate surface area is 138 Å². The summed E-state index contributed by atoms with van der Waals surface area (Å²) in [6.07, 6.45) is 6.54. The van der Waals surface area contributed by atoms with Crippen LogP contribution in [0.1, 0.15) is 18.6 Å². The molecule has 0 N–H and O–H groups in total. The van der Waals surface area contributed by atoms with Crippen LogP contribution in [0.2, 0.25) is 0 Å². The quantitative estimate of drug-likeness (QED) is 0.489. The Morgan fingerprint density at radius 3 is 2.96 bits per heavy atom. The van der Waals surface area contributed by atoms with Gasteiger partial charge in [-0.25, -0.2) is 0 Å². The van der Waals surface area contributed by atoms with Crippen LogP contribution in [0.5, 0.6) is 0 Å². The van der Waals surface area contributed by atoms with Crippen LogP contribution in [0.4, 0.5) is 0 Å². The minimum absolute atomic E-state index is 0.550. The second-order valence-electron chi connectivity index (χ2n) is 4.82. The van der Waals surface area contributed by atoms with Crippen LogP contribution in [0, 0.1) is 11.3 Å². The molecule has 0 saturated heterocycles. The summed E-state index contributed by atoms with van der Waals surface area (Å²) < 4.78 is 7.47. The maximum Gasteiger partial charge on any atom is 0.191 e. The molecule has 0 saturated carbocycles. The Morgan fingerprint density at radius 1 is 1.26 bits per heavy atom. The number of hydrogen-bond acceptors (Lipinski definition) is 6. The van der Waals surface area contributed by atoms with Crippen LogP contribution in [-0.2, 0) is 6.54 Å². The van der Waals surface area contributed by atoms with Crippen molar-refractivity contribution in [2.24, 2.45) is 0 Å². The van der Waals surface area contributed by atoms with Gasteiger partial charge in [0.1, 0.15) is 5.76 Å². The molecule has 3 aromatic heterocycles. The first-order valence-electron chi connectivity index (χ1n) is 7.24. The first kappa shape index (κ1) is 15.3. The molecule has 23 heavy (non-hydrogen) atoms. The molecule has 0 aliphatic heterocycles. The number of thioether (sulfide) groups is 1.